The topological polar surface area (TPSA) is 67.2 Å². The Balaban J connectivity index is 2.30. The normalized spacial score (nSPS) is 10.0. The third kappa shape index (κ3) is 4.76. The molecule has 17 heavy (non-hydrogen) atoms. The molecule has 4 nitrogen and oxygen atoms in total. The van der Waals surface area contributed by atoms with E-state index < -0.39 is 0 Å². The molecule has 0 aliphatic heterocycles. The summed E-state index contributed by atoms with van der Waals surface area (Å²) in [5, 5.41) is 6.04. The van der Waals surface area contributed by atoms with Crippen molar-refractivity contribution >= 4 is 17.3 Å². The molecule has 0 saturated heterocycles. The van der Waals surface area contributed by atoms with Crippen LogP contribution in [0.15, 0.2) is 18.2 Å². The first-order chi connectivity index (χ1) is 8.13. The molecule has 0 unspecified atom stereocenters. The van der Waals surface area contributed by atoms with E-state index in [-0.39, 0.29) is 5.91 Å². The van der Waals surface area contributed by atoms with Gasteiger partial charge >= 0.3 is 0 Å². The molecule has 0 saturated carbocycles. The number of nitrogens with two attached hydrogens (primary N) is 1. The van der Waals surface area contributed by atoms with Gasteiger partial charge in [0.15, 0.2) is 0 Å². The number of rotatable bonds is 6. The second kappa shape index (κ2) is 6.78. The summed E-state index contributed by atoms with van der Waals surface area (Å²) in [4.78, 5) is 11.3. The summed E-state index contributed by atoms with van der Waals surface area (Å²) in [6.45, 7) is 5.39. The van der Waals surface area contributed by atoms with E-state index in [1.807, 2.05) is 32.0 Å². The first-order valence-corrected chi connectivity index (χ1v) is 6.00. The lowest BCUT2D eigenvalue weighted by atomic mass is 10.2. The molecule has 0 spiro atoms. The number of amides is 1. The molecule has 0 heterocycles. The summed E-state index contributed by atoms with van der Waals surface area (Å²) < 4.78 is 0. The van der Waals surface area contributed by atoms with Crippen molar-refractivity contribution in [1.82, 2.24) is 5.32 Å². The number of aryl methyl sites for hydroxylation is 1. The minimum Gasteiger partial charge on any atom is -0.399 e. The minimum absolute atomic E-state index is 0.0894. The smallest absolute Gasteiger partial charge is 0.221 e. The Kier molecular flexibility index (Phi) is 5.33. The summed E-state index contributed by atoms with van der Waals surface area (Å²) in [5.41, 5.74) is 8.56. The molecule has 0 radical (unpaired) electrons. The molecule has 1 aromatic rings. The standard InChI is InChI=1S/C13H21N3O/c1-3-7-16-13(17)6-8-15-11-4-5-12(14)10(2)9-11/h4-5,9,15H,3,6-8,14H2,1-2H3,(H,16,17). The fourth-order valence-electron chi connectivity index (χ4n) is 1.46. The molecule has 4 heteroatoms. The van der Waals surface area contributed by atoms with Crippen LogP contribution in [-0.2, 0) is 4.79 Å². The van der Waals surface area contributed by atoms with Crippen LogP contribution in [0.3, 0.4) is 0 Å². The average Bonchev–Trinajstić information content (AvgIpc) is 2.31. The summed E-state index contributed by atoms with van der Waals surface area (Å²) in [7, 11) is 0. The minimum atomic E-state index is 0.0894. The average molecular weight is 235 g/mol. The summed E-state index contributed by atoms with van der Waals surface area (Å²) in [6.07, 6.45) is 1.46. The monoisotopic (exact) mass is 235 g/mol. The van der Waals surface area contributed by atoms with E-state index >= 15 is 0 Å². The van der Waals surface area contributed by atoms with Crippen LogP contribution in [0.2, 0.25) is 0 Å². The SMILES string of the molecule is CCCNC(=O)CCNc1ccc(N)c(C)c1. The van der Waals surface area contributed by atoms with Crippen LogP contribution in [-0.4, -0.2) is 19.0 Å². The van der Waals surface area contributed by atoms with Gasteiger partial charge in [0.25, 0.3) is 0 Å². The maximum absolute atomic E-state index is 11.3. The summed E-state index contributed by atoms with van der Waals surface area (Å²) in [6, 6.07) is 5.78. The molecule has 0 atom stereocenters. The first-order valence-electron chi connectivity index (χ1n) is 6.00. The second-order valence-corrected chi connectivity index (χ2v) is 4.10. The van der Waals surface area contributed by atoms with Crippen LogP contribution >= 0.6 is 0 Å². The molecule has 1 rings (SSSR count). The number of nitrogen functional groups attached to an aromatic ring is 1. The van der Waals surface area contributed by atoms with Crippen molar-refractivity contribution in [3.05, 3.63) is 23.8 Å². The predicted molar refractivity (Wildman–Crippen MR) is 72.0 cm³/mol. The van der Waals surface area contributed by atoms with Gasteiger partial charge < -0.3 is 16.4 Å². The van der Waals surface area contributed by atoms with Crippen molar-refractivity contribution in [3.63, 3.8) is 0 Å². The lowest BCUT2D eigenvalue weighted by molar-refractivity contribution is -0.120. The lowest BCUT2D eigenvalue weighted by Crippen LogP contribution is -2.25. The van der Waals surface area contributed by atoms with Gasteiger partial charge in [-0.15, -0.1) is 0 Å². The first kappa shape index (κ1) is 13.4. The van der Waals surface area contributed by atoms with Crippen molar-refractivity contribution < 1.29 is 4.79 Å². The van der Waals surface area contributed by atoms with E-state index in [0.29, 0.717) is 13.0 Å². The maximum Gasteiger partial charge on any atom is 0.221 e. The Morgan fingerprint density at radius 1 is 1.35 bits per heavy atom. The van der Waals surface area contributed by atoms with E-state index in [2.05, 4.69) is 10.6 Å². The van der Waals surface area contributed by atoms with E-state index in [1.165, 1.54) is 0 Å². The molecule has 1 amide bonds. The van der Waals surface area contributed by atoms with Crippen LogP contribution in [0.1, 0.15) is 25.3 Å². The Morgan fingerprint density at radius 2 is 2.12 bits per heavy atom. The number of carbonyl (C=O) groups excluding carboxylic acids is 1. The highest BCUT2D eigenvalue weighted by atomic mass is 16.1. The van der Waals surface area contributed by atoms with E-state index in [0.717, 1.165) is 29.9 Å². The van der Waals surface area contributed by atoms with Gasteiger partial charge in [0.05, 0.1) is 0 Å². The Morgan fingerprint density at radius 3 is 2.76 bits per heavy atom. The molecule has 4 N–H and O–H groups in total. The molecular weight excluding hydrogens is 214 g/mol. The van der Waals surface area contributed by atoms with Crippen molar-refractivity contribution in [2.45, 2.75) is 26.7 Å². The van der Waals surface area contributed by atoms with Crippen LogP contribution in [0.5, 0.6) is 0 Å². The summed E-state index contributed by atoms with van der Waals surface area (Å²) >= 11 is 0. The van der Waals surface area contributed by atoms with Crippen molar-refractivity contribution in [3.8, 4) is 0 Å². The number of hydrogen-bond acceptors (Lipinski definition) is 3. The van der Waals surface area contributed by atoms with Crippen molar-refractivity contribution in [1.29, 1.82) is 0 Å². The fraction of sp³-hybridized carbons (Fsp3) is 0.462. The van der Waals surface area contributed by atoms with Gasteiger partial charge in [-0.2, -0.15) is 0 Å². The Bertz CT molecular complexity index is 377. The Hall–Kier alpha value is -1.71. The van der Waals surface area contributed by atoms with Gasteiger partial charge in [-0.1, -0.05) is 6.92 Å². The van der Waals surface area contributed by atoms with Crippen LogP contribution in [0.25, 0.3) is 0 Å². The molecule has 1 aromatic carbocycles. The third-order valence-electron chi connectivity index (χ3n) is 2.52. The molecule has 0 bridgehead atoms. The van der Waals surface area contributed by atoms with E-state index in [1.54, 1.807) is 0 Å². The predicted octanol–water partition coefficient (Wildman–Crippen LogP) is 1.91. The van der Waals surface area contributed by atoms with Crippen LogP contribution in [0, 0.1) is 6.92 Å². The highest BCUT2D eigenvalue weighted by Gasteiger charge is 2.00. The Labute approximate surface area is 103 Å². The van der Waals surface area contributed by atoms with Gasteiger partial charge in [0, 0.05) is 30.9 Å². The van der Waals surface area contributed by atoms with Gasteiger partial charge in [-0.3, -0.25) is 4.79 Å². The molecule has 0 aliphatic rings. The summed E-state index contributed by atoms with van der Waals surface area (Å²) in [5.74, 6) is 0.0894. The zero-order chi connectivity index (χ0) is 12.7. The van der Waals surface area contributed by atoms with Crippen LogP contribution < -0.4 is 16.4 Å². The van der Waals surface area contributed by atoms with E-state index in [4.69, 9.17) is 5.73 Å². The number of carbonyl (C=O) groups is 1. The lowest BCUT2D eigenvalue weighted by Gasteiger charge is -2.08. The largest absolute Gasteiger partial charge is 0.399 e. The quantitative estimate of drug-likeness (QED) is 0.660. The third-order valence-corrected chi connectivity index (χ3v) is 2.52. The molecule has 0 aromatic heterocycles. The zero-order valence-corrected chi connectivity index (χ0v) is 10.5. The van der Waals surface area contributed by atoms with E-state index in [9.17, 15) is 4.79 Å². The van der Waals surface area contributed by atoms with Crippen LogP contribution in [0.4, 0.5) is 11.4 Å². The molecule has 0 fully saturated rings. The zero-order valence-electron chi connectivity index (χ0n) is 10.5. The van der Waals surface area contributed by atoms with Gasteiger partial charge in [0.2, 0.25) is 5.91 Å². The van der Waals surface area contributed by atoms with Gasteiger partial charge in [-0.05, 0) is 37.1 Å². The number of benzene rings is 1. The maximum atomic E-state index is 11.3. The molecule has 0 aliphatic carbocycles. The van der Waals surface area contributed by atoms with Crippen molar-refractivity contribution in [2.24, 2.45) is 0 Å². The second-order valence-electron chi connectivity index (χ2n) is 4.10. The van der Waals surface area contributed by atoms with Crippen molar-refractivity contribution in [2.75, 3.05) is 24.1 Å². The van der Waals surface area contributed by atoms with Gasteiger partial charge in [0.1, 0.15) is 0 Å². The highest BCUT2D eigenvalue weighted by Crippen LogP contribution is 2.16. The number of nitrogens with one attached hydrogen (secondary N) is 2. The van der Waals surface area contributed by atoms with Gasteiger partial charge in [-0.25, -0.2) is 0 Å². The highest BCUT2D eigenvalue weighted by molar-refractivity contribution is 5.76. The fourth-order valence-corrected chi connectivity index (χ4v) is 1.46. The molecule has 94 valence electrons. The number of hydrogen-bond donors (Lipinski definition) is 3. The number of anilines is 2. The molecular formula is C13H21N3O.